The van der Waals surface area contributed by atoms with Crippen molar-refractivity contribution >= 4 is 27.7 Å². The van der Waals surface area contributed by atoms with Crippen molar-refractivity contribution in [1.82, 2.24) is 5.32 Å². The van der Waals surface area contributed by atoms with Crippen molar-refractivity contribution in [2.45, 2.75) is 31.7 Å². The predicted octanol–water partition coefficient (Wildman–Crippen LogP) is 5.51. The van der Waals surface area contributed by atoms with Gasteiger partial charge in [0, 0.05) is 21.2 Å². The van der Waals surface area contributed by atoms with Crippen LogP contribution in [0.15, 0.2) is 51.8 Å². The molecule has 0 aliphatic rings. The van der Waals surface area contributed by atoms with Gasteiger partial charge in [0.15, 0.2) is 0 Å². The van der Waals surface area contributed by atoms with E-state index >= 15 is 0 Å². The van der Waals surface area contributed by atoms with Gasteiger partial charge >= 0.3 is 0 Å². The highest BCUT2D eigenvalue weighted by Gasteiger charge is 2.11. The van der Waals surface area contributed by atoms with Crippen molar-refractivity contribution in [3.05, 3.63) is 63.6 Å². The van der Waals surface area contributed by atoms with Crippen LogP contribution in [0.5, 0.6) is 0 Å². The minimum Gasteiger partial charge on any atom is -0.309 e. The second kappa shape index (κ2) is 8.02. The Morgan fingerprint density at radius 3 is 2.24 bits per heavy atom. The third-order valence-electron chi connectivity index (χ3n) is 3.33. The molecule has 1 N–H and O–H groups in total. The smallest absolute Gasteiger partial charge is 0.0415 e. The molecule has 1 nitrogen and oxygen atoms in total. The predicted molar refractivity (Wildman–Crippen MR) is 97.2 cm³/mol. The highest BCUT2D eigenvalue weighted by molar-refractivity contribution is 9.10. The van der Waals surface area contributed by atoms with Gasteiger partial charge in [0.25, 0.3) is 0 Å². The molecule has 0 heterocycles. The summed E-state index contributed by atoms with van der Waals surface area (Å²) in [7, 11) is 0. The fourth-order valence-corrected chi connectivity index (χ4v) is 3.70. The van der Waals surface area contributed by atoms with Gasteiger partial charge in [-0.2, -0.15) is 0 Å². The standard InChI is InChI=1S/C18H22BrNS/c1-4-20-18(15-10-13(2)9-14(3)11-15)12-21-17-7-5-16(19)6-8-17/h5-11,18,20H,4,12H2,1-3H3. The van der Waals surface area contributed by atoms with E-state index in [4.69, 9.17) is 0 Å². The summed E-state index contributed by atoms with van der Waals surface area (Å²) < 4.78 is 1.13. The number of halogens is 1. The molecule has 0 aliphatic heterocycles. The summed E-state index contributed by atoms with van der Waals surface area (Å²) in [5, 5.41) is 3.60. The first kappa shape index (κ1) is 16.6. The summed E-state index contributed by atoms with van der Waals surface area (Å²) in [4.78, 5) is 1.31. The number of rotatable bonds is 6. The van der Waals surface area contributed by atoms with Crippen LogP contribution in [-0.4, -0.2) is 12.3 Å². The Bertz CT molecular complexity index is 560. The van der Waals surface area contributed by atoms with E-state index in [0.29, 0.717) is 6.04 Å². The van der Waals surface area contributed by atoms with Crippen LogP contribution in [0.4, 0.5) is 0 Å². The minimum atomic E-state index is 0.391. The van der Waals surface area contributed by atoms with Gasteiger partial charge in [0.1, 0.15) is 0 Å². The van der Waals surface area contributed by atoms with E-state index in [1.54, 1.807) is 0 Å². The molecule has 112 valence electrons. The van der Waals surface area contributed by atoms with Gasteiger partial charge in [0.2, 0.25) is 0 Å². The molecule has 21 heavy (non-hydrogen) atoms. The highest BCUT2D eigenvalue weighted by atomic mass is 79.9. The first-order chi connectivity index (χ1) is 10.1. The van der Waals surface area contributed by atoms with Crippen molar-refractivity contribution in [3.8, 4) is 0 Å². The molecule has 1 atom stereocenters. The third kappa shape index (κ3) is 5.17. The fraction of sp³-hybridized carbons (Fsp3) is 0.333. The molecular weight excluding hydrogens is 342 g/mol. The van der Waals surface area contributed by atoms with E-state index in [9.17, 15) is 0 Å². The molecule has 2 aromatic carbocycles. The van der Waals surface area contributed by atoms with Crippen molar-refractivity contribution in [1.29, 1.82) is 0 Å². The first-order valence-corrected chi connectivity index (χ1v) is 9.06. The second-order valence-electron chi connectivity index (χ2n) is 5.30. The Labute approximate surface area is 140 Å². The van der Waals surface area contributed by atoms with Crippen molar-refractivity contribution in [3.63, 3.8) is 0 Å². The molecule has 0 saturated carbocycles. The minimum absolute atomic E-state index is 0.391. The summed E-state index contributed by atoms with van der Waals surface area (Å²) >= 11 is 5.38. The molecule has 0 amide bonds. The molecule has 0 fully saturated rings. The van der Waals surface area contributed by atoms with Crippen molar-refractivity contribution < 1.29 is 0 Å². The number of benzene rings is 2. The average Bonchev–Trinajstić information content (AvgIpc) is 2.44. The fourth-order valence-electron chi connectivity index (χ4n) is 2.44. The first-order valence-electron chi connectivity index (χ1n) is 7.28. The van der Waals surface area contributed by atoms with E-state index < -0.39 is 0 Å². The number of aryl methyl sites for hydroxylation is 2. The zero-order chi connectivity index (χ0) is 15.2. The Morgan fingerprint density at radius 2 is 1.67 bits per heavy atom. The lowest BCUT2D eigenvalue weighted by Gasteiger charge is -2.19. The monoisotopic (exact) mass is 363 g/mol. The lowest BCUT2D eigenvalue weighted by molar-refractivity contribution is 0.605. The Kier molecular flexibility index (Phi) is 6.34. The lowest BCUT2D eigenvalue weighted by atomic mass is 10.0. The molecule has 0 radical (unpaired) electrons. The van der Waals surface area contributed by atoms with Crippen LogP contribution < -0.4 is 5.32 Å². The molecule has 0 bridgehead atoms. The molecule has 2 rings (SSSR count). The summed E-state index contributed by atoms with van der Waals surface area (Å²) in [5.41, 5.74) is 4.06. The number of nitrogens with one attached hydrogen (secondary N) is 1. The summed E-state index contributed by atoms with van der Waals surface area (Å²) in [6.07, 6.45) is 0. The van der Waals surface area contributed by atoms with Gasteiger partial charge < -0.3 is 5.32 Å². The van der Waals surface area contributed by atoms with Gasteiger partial charge in [-0.15, -0.1) is 11.8 Å². The van der Waals surface area contributed by atoms with Crippen LogP contribution in [0.1, 0.15) is 29.7 Å². The van der Waals surface area contributed by atoms with Crippen LogP contribution >= 0.6 is 27.7 Å². The molecule has 1 unspecified atom stereocenters. The maximum absolute atomic E-state index is 3.60. The zero-order valence-corrected chi connectivity index (χ0v) is 15.2. The zero-order valence-electron chi connectivity index (χ0n) is 12.8. The van der Waals surface area contributed by atoms with Crippen LogP contribution in [-0.2, 0) is 0 Å². The molecular formula is C18H22BrNS. The molecule has 2 aromatic rings. The molecule has 0 spiro atoms. The summed E-state index contributed by atoms with van der Waals surface area (Å²) in [5.74, 6) is 1.04. The van der Waals surface area contributed by atoms with Crippen molar-refractivity contribution in [2.24, 2.45) is 0 Å². The number of thioether (sulfide) groups is 1. The number of hydrogen-bond acceptors (Lipinski definition) is 2. The summed E-state index contributed by atoms with van der Waals surface area (Å²) in [6, 6.07) is 15.7. The van der Waals surface area contributed by atoms with Gasteiger partial charge in [0.05, 0.1) is 0 Å². The van der Waals surface area contributed by atoms with Crippen molar-refractivity contribution in [2.75, 3.05) is 12.3 Å². The SMILES string of the molecule is CCNC(CSc1ccc(Br)cc1)c1cc(C)cc(C)c1. The Hall–Kier alpha value is -0.770. The maximum Gasteiger partial charge on any atom is 0.0415 e. The maximum atomic E-state index is 3.60. The normalized spacial score (nSPS) is 12.4. The molecule has 0 aromatic heterocycles. The molecule has 3 heteroatoms. The third-order valence-corrected chi connectivity index (χ3v) is 4.96. The second-order valence-corrected chi connectivity index (χ2v) is 7.31. The van der Waals surface area contributed by atoms with E-state index in [2.05, 4.69) is 84.5 Å². The van der Waals surface area contributed by atoms with Gasteiger partial charge in [-0.1, -0.05) is 52.2 Å². The Morgan fingerprint density at radius 1 is 1.05 bits per heavy atom. The van der Waals surface area contributed by atoms with Crippen LogP contribution in [0.2, 0.25) is 0 Å². The largest absolute Gasteiger partial charge is 0.309 e. The number of hydrogen-bond donors (Lipinski definition) is 1. The van der Waals surface area contributed by atoms with Crippen LogP contribution in [0, 0.1) is 13.8 Å². The topological polar surface area (TPSA) is 12.0 Å². The molecule has 0 aliphatic carbocycles. The van der Waals surface area contributed by atoms with E-state index in [0.717, 1.165) is 16.8 Å². The van der Waals surface area contributed by atoms with Gasteiger partial charge in [-0.3, -0.25) is 0 Å². The van der Waals surface area contributed by atoms with E-state index in [1.807, 2.05) is 11.8 Å². The van der Waals surface area contributed by atoms with Crippen LogP contribution in [0.3, 0.4) is 0 Å². The van der Waals surface area contributed by atoms with Crippen LogP contribution in [0.25, 0.3) is 0 Å². The Balaban J connectivity index is 2.09. The quantitative estimate of drug-likeness (QED) is 0.679. The average molecular weight is 364 g/mol. The lowest BCUT2D eigenvalue weighted by Crippen LogP contribution is -2.23. The van der Waals surface area contributed by atoms with Gasteiger partial charge in [-0.05, 0) is 50.2 Å². The molecule has 0 saturated heterocycles. The van der Waals surface area contributed by atoms with Gasteiger partial charge in [-0.25, -0.2) is 0 Å². The van der Waals surface area contributed by atoms with E-state index in [-0.39, 0.29) is 0 Å². The summed E-state index contributed by atoms with van der Waals surface area (Å²) in [6.45, 7) is 7.49. The highest BCUT2D eigenvalue weighted by Crippen LogP contribution is 2.27. The van der Waals surface area contributed by atoms with E-state index in [1.165, 1.54) is 21.6 Å².